The van der Waals surface area contributed by atoms with E-state index in [9.17, 15) is 13.5 Å². The molecule has 0 bridgehead atoms. The largest absolute Gasteiger partial charge is 0.393 e. The van der Waals surface area contributed by atoms with Gasteiger partial charge in [-0.1, -0.05) is 6.92 Å². The maximum atomic E-state index is 11.5. The fourth-order valence-corrected chi connectivity index (χ4v) is 3.21. The minimum Gasteiger partial charge on any atom is -0.393 e. The van der Waals surface area contributed by atoms with Gasteiger partial charge in [-0.15, -0.1) is 0 Å². The fourth-order valence-electron chi connectivity index (χ4n) is 1.59. The van der Waals surface area contributed by atoms with Crippen LogP contribution in [0.4, 0.5) is 0 Å². The summed E-state index contributed by atoms with van der Waals surface area (Å²) in [6, 6.07) is 0. The Morgan fingerprint density at radius 2 is 2.14 bits per heavy atom. The van der Waals surface area contributed by atoms with E-state index in [0.29, 0.717) is 25.9 Å². The van der Waals surface area contributed by atoms with Crippen molar-refractivity contribution in [1.82, 2.24) is 4.31 Å². The Balaban J connectivity index is 2.42. The van der Waals surface area contributed by atoms with Crippen molar-refractivity contribution >= 4 is 10.0 Å². The van der Waals surface area contributed by atoms with Crippen LogP contribution in [0.3, 0.4) is 0 Å². The van der Waals surface area contributed by atoms with Gasteiger partial charge in [0.05, 0.1) is 11.9 Å². The third-order valence-corrected chi connectivity index (χ3v) is 4.59. The summed E-state index contributed by atoms with van der Waals surface area (Å²) in [7, 11) is -3.01. The van der Waals surface area contributed by atoms with Crippen molar-refractivity contribution in [3.63, 3.8) is 0 Å². The molecule has 5 heteroatoms. The van der Waals surface area contributed by atoms with Crippen LogP contribution in [0.5, 0.6) is 0 Å². The van der Waals surface area contributed by atoms with Crippen molar-refractivity contribution in [2.45, 2.75) is 38.7 Å². The fraction of sp³-hybridized carbons (Fsp3) is 1.00. The lowest BCUT2D eigenvalue weighted by Crippen LogP contribution is -2.39. The topological polar surface area (TPSA) is 57.6 Å². The lowest BCUT2D eigenvalue weighted by molar-refractivity contribution is 0.151. The number of hydrogen-bond acceptors (Lipinski definition) is 3. The van der Waals surface area contributed by atoms with Crippen LogP contribution >= 0.6 is 0 Å². The van der Waals surface area contributed by atoms with Crippen molar-refractivity contribution in [3.05, 3.63) is 0 Å². The van der Waals surface area contributed by atoms with Crippen molar-refractivity contribution in [1.29, 1.82) is 0 Å². The standard InChI is InChI=1S/C9H19NO3S/c1-2-9(11)5-7-10-6-3-4-8-14(10,12)13/h9,11H,2-8H2,1H3. The molecule has 1 atom stereocenters. The Bertz CT molecular complexity index is 263. The lowest BCUT2D eigenvalue weighted by atomic mass is 10.2. The number of nitrogens with zero attached hydrogens (tertiary/aromatic N) is 1. The summed E-state index contributed by atoms with van der Waals surface area (Å²) in [6.45, 7) is 2.99. The van der Waals surface area contributed by atoms with Gasteiger partial charge in [0.2, 0.25) is 10.0 Å². The van der Waals surface area contributed by atoms with Crippen LogP contribution < -0.4 is 0 Å². The van der Waals surface area contributed by atoms with E-state index in [0.717, 1.165) is 12.8 Å². The second-order valence-corrected chi connectivity index (χ2v) is 5.86. The number of hydrogen-bond donors (Lipinski definition) is 1. The molecule has 0 aromatic heterocycles. The number of aliphatic hydroxyl groups is 1. The molecule has 1 aliphatic rings. The molecule has 1 N–H and O–H groups in total. The highest BCUT2D eigenvalue weighted by molar-refractivity contribution is 7.89. The normalized spacial score (nSPS) is 24.7. The van der Waals surface area contributed by atoms with Crippen LogP contribution in [0, 0.1) is 0 Å². The van der Waals surface area contributed by atoms with E-state index >= 15 is 0 Å². The number of sulfonamides is 1. The van der Waals surface area contributed by atoms with Gasteiger partial charge in [-0.3, -0.25) is 0 Å². The highest BCUT2D eigenvalue weighted by atomic mass is 32.2. The van der Waals surface area contributed by atoms with Crippen LogP contribution in [0.1, 0.15) is 32.6 Å². The third kappa shape index (κ3) is 3.22. The van der Waals surface area contributed by atoms with E-state index in [2.05, 4.69) is 0 Å². The third-order valence-electron chi connectivity index (χ3n) is 2.64. The van der Waals surface area contributed by atoms with Gasteiger partial charge in [0.15, 0.2) is 0 Å². The molecule has 1 unspecified atom stereocenters. The van der Waals surface area contributed by atoms with Gasteiger partial charge in [0.25, 0.3) is 0 Å². The summed E-state index contributed by atoms with van der Waals surface area (Å²) >= 11 is 0. The van der Waals surface area contributed by atoms with E-state index in [1.807, 2.05) is 6.92 Å². The van der Waals surface area contributed by atoms with Crippen LogP contribution in [-0.4, -0.2) is 42.8 Å². The molecular weight excluding hydrogens is 202 g/mol. The zero-order chi connectivity index (χ0) is 10.6. The predicted octanol–water partition coefficient (Wildman–Crippen LogP) is 0.573. The minimum atomic E-state index is -3.01. The van der Waals surface area contributed by atoms with Gasteiger partial charge < -0.3 is 5.11 Å². The molecule has 84 valence electrons. The van der Waals surface area contributed by atoms with Crippen molar-refractivity contribution in [3.8, 4) is 0 Å². The molecule has 0 radical (unpaired) electrons. The Hall–Kier alpha value is -0.130. The molecule has 4 nitrogen and oxygen atoms in total. The molecule has 0 aromatic rings. The highest BCUT2D eigenvalue weighted by Gasteiger charge is 2.25. The van der Waals surface area contributed by atoms with Gasteiger partial charge in [0, 0.05) is 13.1 Å². The smallest absolute Gasteiger partial charge is 0.214 e. The molecule has 0 saturated carbocycles. The zero-order valence-electron chi connectivity index (χ0n) is 8.65. The van der Waals surface area contributed by atoms with E-state index in [-0.39, 0.29) is 11.9 Å². The van der Waals surface area contributed by atoms with Gasteiger partial charge >= 0.3 is 0 Å². The van der Waals surface area contributed by atoms with Crippen LogP contribution in [0.2, 0.25) is 0 Å². The SMILES string of the molecule is CCC(O)CCN1CCCCS1(=O)=O. The molecule has 0 spiro atoms. The van der Waals surface area contributed by atoms with Gasteiger partial charge in [-0.2, -0.15) is 0 Å². The maximum absolute atomic E-state index is 11.5. The first kappa shape index (κ1) is 11.9. The summed E-state index contributed by atoms with van der Waals surface area (Å²) in [5.41, 5.74) is 0. The lowest BCUT2D eigenvalue weighted by Gasteiger charge is -2.26. The van der Waals surface area contributed by atoms with Crippen molar-refractivity contribution < 1.29 is 13.5 Å². The number of aliphatic hydroxyl groups excluding tert-OH is 1. The Kier molecular flexibility index (Phi) is 4.34. The average molecular weight is 221 g/mol. The minimum absolute atomic E-state index is 0.273. The highest BCUT2D eigenvalue weighted by Crippen LogP contribution is 2.14. The molecule has 1 rings (SSSR count). The first-order valence-corrected chi connectivity index (χ1v) is 6.83. The molecule has 1 heterocycles. The van der Waals surface area contributed by atoms with E-state index in [1.165, 1.54) is 4.31 Å². The summed E-state index contributed by atoms with van der Waals surface area (Å²) < 4.78 is 24.6. The Labute approximate surface area is 86.0 Å². The average Bonchev–Trinajstić information content (AvgIpc) is 2.15. The first-order valence-electron chi connectivity index (χ1n) is 5.22. The summed E-state index contributed by atoms with van der Waals surface area (Å²) in [6.07, 6.45) is 2.59. The first-order chi connectivity index (χ1) is 6.56. The molecule has 1 aliphatic heterocycles. The molecule has 0 amide bonds. The predicted molar refractivity (Wildman–Crippen MR) is 55.5 cm³/mol. The van der Waals surface area contributed by atoms with Crippen molar-refractivity contribution in [2.75, 3.05) is 18.8 Å². The molecule has 14 heavy (non-hydrogen) atoms. The van der Waals surface area contributed by atoms with E-state index in [1.54, 1.807) is 0 Å². The number of rotatable bonds is 4. The molecule has 1 fully saturated rings. The molecule has 0 aromatic carbocycles. The maximum Gasteiger partial charge on any atom is 0.214 e. The van der Waals surface area contributed by atoms with Crippen LogP contribution in [0.25, 0.3) is 0 Å². The van der Waals surface area contributed by atoms with Crippen LogP contribution in [0.15, 0.2) is 0 Å². The van der Waals surface area contributed by atoms with Gasteiger partial charge in [-0.05, 0) is 25.7 Å². The quantitative estimate of drug-likeness (QED) is 0.755. The monoisotopic (exact) mass is 221 g/mol. The Morgan fingerprint density at radius 3 is 2.71 bits per heavy atom. The summed E-state index contributed by atoms with van der Waals surface area (Å²) in [5, 5.41) is 9.34. The summed E-state index contributed by atoms with van der Waals surface area (Å²) in [4.78, 5) is 0. The van der Waals surface area contributed by atoms with Gasteiger partial charge in [0.1, 0.15) is 0 Å². The second-order valence-electron chi connectivity index (χ2n) is 3.77. The summed E-state index contributed by atoms with van der Waals surface area (Å²) in [5.74, 6) is 0.273. The Morgan fingerprint density at radius 1 is 1.43 bits per heavy atom. The second kappa shape index (κ2) is 5.09. The molecular formula is C9H19NO3S. The van der Waals surface area contributed by atoms with Crippen LogP contribution in [-0.2, 0) is 10.0 Å². The molecule has 0 aliphatic carbocycles. The zero-order valence-corrected chi connectivity index (χ0v) is 9.46. The van der Waals surface area contributed by atoms with Crippen molar-refractivity contribution in [2.24, 2.45) is 0 Å². The molecule has 1 saturated heterocycles. The van der Waals surface area contributed by atoms with Gasteiger partial charge in [-0.25, -0.2) is 12.7 Å². The van der Waals surface area contributed by atoms with E-state index in [4.69, 9.17) is 0 Å². The van der Waals surface area contributed by atoms with E-state index < -0.39 is 10.0 Å².